The van der Waals surface area contributed by atoms with E-state index in [-0.39, 0.29) is 0 Å². The number of para-hydroxylation sites is 1. The molecule has 0 spiro atoms. The van der Waals surface area contributed by atoms with Gasteiger partial charge in [-0.05, 0) is 29.8 Å². The van der Waals surface area contributed by atoms with Crippen LogP contribution in [0.3, 0.4) is 0 Å². The number of benzene rings is 2. The van der Waals surface area contributed by atoms with E-state index in [1.807, 2.05) is 65.4 Å². The van der Waals surface area contributed by atoms with Crippen molar-refractivity contribution < 1.29 is 9.84 Å². The molecule has 3 rings (SSSR count). The van der Waals surface area contributed by atoms with Gasteiger partial charge in [0, 0.05) is 12.4 Å². The maximum Gasteiger partial charge on any atom is 0.127 e. The first kappa shape index (κ1) is 13.4. The third-order valence-electron chi connectivity index (χ3n) is 3.19. The molecule has 106 valence electrons. The number of aliphatic hydroxyl groups is 1. The van der Waals surface area contributed by atoms with E-state index in [0.717, 1.165) is 17.1 Å². The normalized spacial score (nSPS) is 12.0. The van der Waals surface area contributed by atoms with E-state index in [0.29, 0.717) is 6.54 Å². The highest BCUT2D eigenvalue weighted by molar-refractivity contribution is 5.33. The van der Waals surface area contributed by atoms with E-state index in [9.17, 15) is 5.11 Å². The molecule has 0 aliphatic rings. The summed E-state index contributed by atoms with van der Waals surface area (Å²) >= 11 is 0. The standard InChI is InChI=1S/C17H16N2O2/c20-17(12-19-11-10-18-13-19)14-6-8-16(9-7-14)21-15-4-2-1-3-5-15/h1-11,13,17,20H,12H2/t17-/m1/s1. The Hall–Kier alpha value is -2.59. The van der Waals surface area contributed by atoms with Gasteiger partial charge in [0.25, 0.3) is 0 Å². The van der Waals surface area contributed by atoms with Crippen molar-refractivity contribution >= 4 is 0 Å². The molecule has 0 fully saturated rings. The topological polar surface area (TPSA) is 47.3 Å². The molecule has 2 aromatic carbocycles. The Kier molecular flexibility index (Phi) is 3.98. The predicted octanol–water partition coefficient (Wildman–Crippen LogP) is 3.41. The molecule has 1 aromatic heterocycles. The quantitative estimate of drug-likeness (QED) is 0.779. The van der Waals surface area contributed by atoms with Gasteiger partial charge in [0.1, 0.15) is 11.5 Å². The molecule has 0 bridgehead atoms. The highest BCUT2D eigenvalue weighted by Crippen LogP contribution is 2.23. The molecule has 0 aliphatic heterocycles. The van der Waals surface area contributed by atoms with Gasteiger partial charge in [-0.25, -0.2) is 4.98 Å². The third-order valence-corrected chi connectivity index (χ3v) is 3.19. The summed E-state index contributed by atoms with van der Waals surface area (Å²) in [6.07, 6.45) is 4.65. The zero-order valence-corrected chi connectivity index (χ0v) is 11.5. The van der Waals surface area contributed by atoms with Crippen molar-refractivity contribution in [2.45, 2.75) is 12.6 Å². The second-order valence-corrected chi connectivity index (χ2v) is 4.76. The minimum Gasteiger partial charge on any atom is -0.457 e. The van der Waals surface area contributed by atoms with E-state index in [4.69, 9.17) is 4.74 Å². The zero-order valence-electron chi connectivity index (χ0n) is 11.5. The summed E-state index contributed by atoms with van der Waals surface area (Å²) in [6, 6.07) is 17.1. The fourth-order valence-corrected chi connectivity index (χ4v) is 2.08. The predicted molar refractivity (Wildman–Crippen MR) is 80.1 cm³/mol. The van der Waals surface area contributed by atoms with Crippen LogP contribution in [0, 0.1) is 0 Å². The van der Waals surface area contributed by atoms with Gasteiger partial charge in [0.05, 0.1) is 19.0 Å². The number of aliphatic hydroxyl groups excluding tert-OH is 1. The summed E-state index contributed by atoms with van der Waals surface area (Å²) in [5.74, 6) is 1.55. The van der Waals surface area contributed by atoms with Crippen LogP contribution in [0.5, 0.6) is 11.5 Å². The number of hydrogen-bond donors (Lipinski definition) is 1. The molecule has 3 aromatic rings. The first-order valence-electron chi connectivity index (χ1n) is 6.78. The molecule has 4 heteroatoms. The average molecular weight is 280 g/mol. The number of hydrogen-bond acceptors (Lipinski definition) is 3. The van der Waals surface area contributed by atoms with Crippen molar-refractivity contribution in [3.63, 3.8) is 0 Å². The van der Waals surface area contributed by atoms with Gasteiger partial charge in [-0.15, -0.1) is 0 Å². The molecule has 0 saturated heterocycles. The minimum atomic E-state index is -0.565. The maximum atomic E-state index is 10.2. The Morgan fingerprint density at radius 3 is 2.38 bits per heavy atom. The Labute approximate surface area is 123 Å². The zero-order chi connectivity index (χ0) is 14.5. The molecule has 0 unspecified atom stereocenters. The van der Waals surface area contributed by atoms with Gasteiger partial charge >= 0.3 is 0 Å². The summed E-state index contributed by atoms with van der Waals surface area (Å²) in [5.41, 5.74) is 0.851. The van der Waals surface area contributed by atoms with Gasteiger partial charge in [-0.3, -0.25) is 0 Å². The fourth-order valence-electron chi connectivity index (χ4n) is 2.08. The largest absolute Gasteiger partial charge is 0.457 e. The molecule has 1 N–H and O–H groups in total. The van der Waals surface area contributed by atoms with Crippen LogP contribution in [0.15, 0.2) is 73.3 Å². The van der Waals surface area contributed by atoms with E-state index < -0.39 is 6.10 Å². The van der Waals surface area contributed by atoms with Crippen LogP contribution in [-0.2, 0) is 6.54 Å². The lowest BCUT2D eigenvalue weighted by Crippen LogP contribution is -2.06. The van der Waals surface area contributed by atoms with Crippen LogP contribution in [0.1, 0.15) is 11.7 Å². The van der Waals surface area contributed by atoms with Crippen LogP contribution in [0.2, 0.25) is 0 Å². The Morgan fingerprint density at radius 1 is 1.00 bits per heavy atom. The average Bonchev–Trinajstić information content (AvgIpc) is 3.02. The number of nitrogens with zero attached hydrogens (tertiary/aromatic N) is 2. The molecule has 0 amide bonds. The van der Waals surface area contributed by atoms with Crippen LogP contribution >= 0.6 is 0 Å². The summed E-state index contributed by atoms with van der Waals surface area (Å²) in [5, 5.41) is 10.2. The van der Waals surface area contributed by atoms with E-state index in [2.05, 4.69) is 4.98 Å². The second-order valence-electron chi connectivity index (χ2n) is 4.76. The Morgan fingerprint density at radius 2 is 1.71 bits per heavy atom. The highest BCUT2D eigenvalue weighted by atomic mass is 16.5. The van der Waals surface area contributed by atoms with Crippen LogP contribution in [0.4, 0.5) is 0 Å². The van der Waals surface area contributed by atoms with Crippen molar-refractivity contribution in [1.29, 1.82) is 0 Å². The van der Waals surface area contributed by atoms with Crippen molar-refractivity contribution in [2.24, 2.45) is 0 Å². The lowest BCUT2D eigenvalue weighted by atomic mass is 10.1. The lowest BCUT2D eigenvalue weighted by Gasteiger charge is -2.12. The Balaban J connectivity index is 1.66. The van der Waals surface area contributed by atoms with E-state index in [1.54, 1.807) is 12.5 Å². The molecule has 1 atom stereocenters. The first-order valence-corrected chi connectivity index (χ1v) is 6.78. The van der Waals surface area contributed by atoms with Gasteiger partial charge in [-0.2, -0.15) is 0 Å². The molecular weight excluding hydrogens is 264 g/mol. The highest BCUT2D eigenvalue weighted by Gasteiger charge is 2.08. The van der Waals surface area contributed by atoms with Crippen molar-refractivity contribution in [2.75, 3.05) is 0 Å². The molecule has 21 heavy (non-hydrogen) atoms. The SMILES string of the molecule is O[C@H](Cn1ccnc1)c1ccc(Oc2ccccc2)cc1. The molecule has 1 heterocycles. The summed E-state index contributed by atoms with van der Waals surface area (Å²) in [4.78, 5) is 3.96. The fraction of sp³-hybridized carbons (Fsp3) is 0.118. The summed E-state index contributed by atoms with van der Waals surface area (Å²) in [7, 11) is 0. The molecule has 0 saturated carbocycles. The Bertz CT molecular complexity index is 664. The minimum absolute atomic E-state index is 0.485. The van der Waals surface area contributed by atoms with E-state index >= 15 is 0 Å². The van der Waals surface area contributed by atoms with Gasteiger partial charge in [0.2, 0.25) is 0 Å². The van der Waals surface area contributed by atoms with E-state index in [1.165, 1.54) is 0 Å². The monoisotopic (exact) mass is 280 g/mol. The van der Waals surface area contributed by atoms with Crippen LogP contribution in [0.25, 0.3) is 0 Å². The van der Waals surface area contributed by atoms with Gasteiger partial charge < -0.3 is 14.4 Å². The molecule has 0 radical (unpaired) electrons. The van der Waals surface area contributed by atoms with Crippen LogP contribution < -0.4 is 4.74 Å². The molecule has 4 nitrogen and oxygen atoms in total. The second kappa shape index (κ2) is 6.24. The summed E-state index contributed by atoms with van der Waals surface area (Å²) in [6.45, 7) is 0.485. The first-order chi connectivity index (χ1) is 10.3. The number of imidazole rings is 1. The van der Waals surface area contributed by atoms with Gasteiger partial charge in [0.15, 0.2) is 0 Å². The molecular formula is C17H16N2O2. The van der Waals surface area contributed by atoms with Crippen molar-refractivity contribution in [1.82, 2.24) is 9.55 Å². The van der Waals surface area contributed by atoms with Crippen molar-refractivity contribution in [3.05, 3.63) is 78.9 Å². The maximum absolute atomic E-state index is 10.2. The number of rotatable bonds is 5. The third kappa shape index (κ3) is 3.49. The number of ether oxygens (including phenoxy) is 1. The smallest absolute Gasteiger partial charge is 0.127 e. The lowest BCUT2D eigenvalue weighted by molar-refractivity contribution is 0.156. The summed E-state index contributed by atoms with van der Waals surface area (Å²) < 4.78 is 7.57. The molecule has 0 aliphatic carbocycles. The van der Waals surface area contributed by atoms with Crippen LogP contribution in [-0.4, -0.2) is 14.7 Å². The number of aromatic nitrogens is 2. The van der Waals surface area contributed by atoms with Crippen molar-refractivity contribution in [3.8, 4) is 11.5 Å². The van der Waals surface area contributed by atoms with Gasteiger partial charge in [-0.1, -0.05) is 30.3 Å².